The van der Waals surface area contributed by atoms with Crippen LogP contribution in [0.5, 0.6) is 0 Å². The molecule has 0 bridgehead atoms. The Kier molecular flexibility index (Phi) is 3.62. The minimum absolute atomic E-state index is 0.124. The molecule has 90 valence electrons. The summed E-state index contributed by atoms with van der Waals surface area (Å²) in [6.45, 7) is 2.11. The lowest BCUT2D eigenvalue weighted by molar-refractivity contribution is -0.140. The van der Waals surface area contributed by atoms with Gasteiger partial charge in [-0.2, -0.15) is 0 Å². The van der Waals surface area contributed by atoms with Gasteiger partial charge in [-0.15, -0.1) is 0 Å². The van der Waals surface area contributed by atoms with Gasteiger partial charge in [-0.25, -0.2) is 0 Å². The highest BCUT2D eigenvalue weighted by Crippen LogP contribution is 2.27. The number of fused-ring (bicyclic) bond motifs is 1. The maximum atomic E-state index is 11.1. The number of hydrogen-bond donors (Lipinski definition) is 0. The lowest BCUT2D eigenvalue weighted by Gasteiger charge is -2.16. The summed E-state index contributed by atoms with van der Waals surface area (Å²) in [6.07, 6.45) is 5.69. The van der Waals surface area contributed by atoms with E-state index >= 15 is 0 Å². The van der Waals surface area contributed by atoms with Crippen molar-refractivity contribution in [1.29, 1.82) is 0 Å². The second-order valence-corrected chi connectivity index (χ2v) is 4.58. The Labute approximate surface area is 102 Å². The molecule has 0 heterocycles. The molecule has 0 atom stereocenters. The van der Waals surface area contributed by atoms with Crippen molar-refractivity contribution < 1.29 is 9.53 Å². The number of carbonyl (C=O) groups is 1. The van der Waals surface area contributed by atoms with E-state index in [2.05, 4.69) is 35.9 Å². The Morgan fingerprint density at radius 1 is 1.35 bits per heavy atom. The van der Waals surface area contributed by atoms with Crippen molar-refractivity contribution in [2.45, 2.75) is 32.6 Å². The standard InChI is InChI=1S/C15H18O2/c1-11-3-6-13-7-4-12(10-14(13)9-11)5-8-15(16)17-2/h3,6,9-10H,4-5,7-8H2,1-2H3. The van der Waals surface area contributed by atoms with Crippen molar-refractivity contribution in [1.82, 2.24) is 0 Å². The van der Waals surface area contributed by atoms with E-state index < -0.39 is 0 Å². The Hall–Kier alpha value is -1.57. The summed E-state index contributed by atoms with van der Waals surface area (Å²) in [7, 11) is 1.44. The molecule has 17 heavy (non-hydrogen) atoms. The molecule has 1 aromatic carbocycles. The summed E-state index contributed by atoms with van der Waals surface area (Å²) in [6, 6.07) is 6.58. The maximum absolute atomic E-state index is 11.1. The molecule has 1 aromatic rings. The predicted octanol–water partition coefficient (Wildman–Crippen LogP) is 3.28. The number of methoxy groups -OCH3 is 1. The van der Waals surface area contributed by atoms with E-state index in [1.807, 2.05) is 0 Å². The molecule has 1 aliphatic carbocycles. The van der Waals surface area contributed by atoms with Gasteiger partial charge in [0.05, 0.1) is 7.11 Å². The van der Waals surface area contributed by atoms with Crippen LogP contribution in [-0.4, -0.2) is 13.1 Å². The Morgan fingerprint density at radius 3 is 2.94 bits per heavy atom. The van der Waals surface area contributed by atoms with Crippen LogP contribution in [0.1, 0.15) is 36.0 Å². The number of benzene rings is 1. The SMILES string of the molecule is COC(=O)CCC1=Cc2cc(C)ccc2CC1. The van der Waals surface area contributed by atoms with E-state index in [0.717, 1.165) is 19.3 Å². The number of esters is 1. The van der Waals surface area contributed by atoms with Crippen molar-refractivity contribution in [2.24, 2.45) is 0 Å². The van der Waals surface area contributed by atoms with Gasteiger partial charge >= 0.3 is 5.97 Å². The molecule has 2 rings (SSSR count). The van der Waals surface area contributed by atoms with Gasteiger partial charge in [-0.1, -0.05) is 35.4 Å². The molecule has 0 fully saturated rings. The van der Waals surface area contributed by atoms with Crippen molar-refractivity contribution >= 4 is 12.0 Å². The van der Waals surface area contributed by atoms with Crippen LogP contribution in [0.2, 0.25) is 0 Å². The Bertz CT molecular complexity index is 458. The average Bonchev–Trinajstić information content (AvgIpc) is 2.35. The van der Waals surface area contributed by atoms with E-state index in [1.54, 1.807) is 0 Å². The number of aryl methyl sites for hydroxylation is 2. The average molecular weight is 230 g/mol. The zero-order valence-electron chi connectivity index (χ0n) is 10.5. The van der Waals surface area contributed by atoms with Gasteiger partial charge in [0.25, 0.3) is 0 Å². The number of rotatable bonds is 3. The van der Waals surface area contributed by atoms with Crippen molar-refractivity contribution in [2.75, 3.05) is 7.11 Å². The van der Waals surface area contributed by atoms with E-state index in [9.17, 15) is 4.79 Å². The van der Waals surface area contributed by atoms with Gasteiger partial charge in [0.1, 0.15) is 0 Å². The molecule has 2 heteroatoms. The van der Waals surface area contributed by atoms with Gasteiger partial charge in [0, 0.05) is 6.42 Å². The molecule has 0 aromatic heterocycles. The summed E-state index contributed by atoms with van der Waals surface area (Å²) >= 11 is 0. The van der Waals surface area contributed by atoms with Gasteiger partial charge in [0.2, 0.25) is 0 Å². The van der Waals surface area contributed by atoms with Crippen molar-refractivity contribution in [3.05, 3.63) is 40.5 Å². The van der Waals surface area contributed by atoms with Crippen LogP contribution in [0.15, 0.2) is 23.8 Å². The van der Waals surface area contributed by atoms with Crippen LogP contribution < -0.4 is 0 Å². The maximum Gasteiger partial charge on any atom is 0.305 e. The molecule has 0 amide bonds. The molecule has 2 nitrogen and oxygen atoms in total. The normalized spacial score (nSPS) is 13.9. The zero-order valence-corrected chi connectivity index (χ0v) is 10.5. The predicted molar refractivity (Wildman–Crippen MR) is 68.7 cm³/mol. The van der Waals surface area contributed by atoms with Gasteiger partial charge in [-0.05, 0) is 37.3 Å². The lowest BCUT2D eigenvalue weighted by atomic mass is 9.89. The smallest absolute Gasteiger partial charge is 0.305 e. The summed E-state index contributed by atoms with van der Waals surface area (Å²) < 4.78 is 4.66. The number of carbonyl (C=O) groups excluding carboxylic acids is 1. The first-order chi connectivity index (χ1) is 8.19. The molecule has 0 spiro atoms. The van der Waals surface area contributed by atoms with Gasteiger partial charge in [0.15, 0.2) is 0 Å². The molecule has 0 saturated heterocycles. The third-order valence-corrected chi connectivity index (χ3v) is 3.25. The fourth-order valence-corrected chi connectivity index (χ4v) is 2.23. The van der Waals surface area contributed by atoms with Crippen LogP contribution >= 0.6 is 0 Å². The van der Waals surface area contributed by atoms with Gasteiger partial charge in [-0.3, -0.25) is 4.79 Å². The zero-order chi connectivity index (χ0) is 12.3. The van der Waals surface area contributed by atoms with Crippen LogP contribution in [0.4, 0.5) is 0 Å². The van der Waals surface area contributed by atoms with E-state index in [-0.39, 0.29) is 5.97 Å². The highest BCUT2D eigenvalue weighted by Gasteiger charge is 2.11. The van der Waals surface area contributed by atoms with Crippen LogP contribution in [-0.2, 0) is 16.0 Å². The molecule has 1 aliphatic rings. The topological polar surface area (TPSA) is 26.3 Å². The fourth-order valence-electron chi connectivity index (χ4n) is 2.23. The Morgan fingerprint density at radius 2 is 2.18 bits per heavy atom. The molecule has 0 radical (unpaired) electrons. The van der Waals surface area contributed by atoms with E-state index in [1.165, 1.54) is 29.4 Å². The molecular formula is C15H18O2. The first kappa shape index (κ1) is 11.9. The second kappa shape index (κ2) is 5.17. The molecule has 0 saturated carbocycles. The quantitative estimate of drug-likeness (QED) is 0.745. The van der Waals surface area contributed by atoms with Gasteiger partial charge < -0.3 is 4.74 Å². The minimum Gasteiger partial charge on any atom is -0.469 e. The number of hydrogen-bond acceptors (Lipinski definition) is 2. The van der Waals surface area contributed by atoms with E-state index in [4.69, 9.17) is 0 Å². The van der Waals surface area contributed by atoms with E-state index in [0.29, 0.717) is 6.42 Å². The molecule has 0 unspecified atom stereocenters. The first-order valence-corrected chi connectivity index (χ1v) is 6.05. The molecular weight excluding hydrogens is 212 g/mol. The Balaban J connectivity index is 2.09. The summed E-state index contributed by atoms with van der Waals surface area (Å²) in [5.74, 6) is -0.124. The lowest BCUT2D eigenvalue weighted by Crippen LogP contribution is -2.04. The van der Waals surface area contributed by atoms with Crippen LogP contribution in [0, 0.1) is 6.92 Å². The number of allylic oxidation sites excluding steroid dienone is 1. The summed E-state index contributed by atoms with van der Waals surface area (Å²) in [5.41, 5.74) is 5.37. The van der Waals surface area contributed by atoms with Crippen molar-refractivity contribution in [3.8, 4) is 0 Å². The second-order valence-electron chi connectivity index (χ2n) is 4.58. The number of ether oxygens (including phenoxy) is 1. The largest absolute Gasteiger partial charge is 0.469 e. The molecule has 0 N–H and O–H groups in total. The highest BCUT2D eigenvalue weighted by atomic mass is 16.5. The van der Waals surface area contributed by atoms with Crippen LogP contribution in [0.3, 0.4) is 0 Å². The minimum atomic E-state index is -0.124. The summed E-state index contributed by atoms with van der Waals surface area (Å²) in [5, 5.41) is 0. The molecule has 0 aliphatic heterocycles. The summed E-state index contributed by atoms with van der Waals surface area (Å²) in [4.78, 5) is 11.1. The highest BCUT2D eigenvalue weighted by molar-refractivity contribution is 5.70. The monoisotopic (exact) mass is 230 g/mol. The first-order valence-electron chi connectivity index (χ1n) is 6.05. The van der Waals surface area contributed by atoms with Crippen LogP contribution in [0.25, 0.3) is 6.08 Å². The third kappa shape index (κ3) is 2.96. The fraction of sp³-hybridized carbons (Fsp3) is 0.400. The third-order valence-electron chi connectivity index (χ3n) is 3.25. The van der Waals surface area contributed by atoms with Crippen molar-refractivity contribution in [3.63, 3.8) is 0 Å².